The summed E-state index contributed by atoms with van der Waals surface area (Å²) in [6, 6.07) is 6.29. The van der Waals surface area contributed by atoms with Crippen molar-refractivity contribution in [2.45, 2.75) is 26.1 Å². The molecule has 3 aliphatic rings. The number of ether oxygens (including phenoxy) is 1. The average Bonchev–Trinajstić information content (AvgIpc) is 3.25. The Hall–Kier alpha value is -2.34. The molecule has 0 unspecified atom stereocenters. The molecule has 0 spiro atoms. The highest BCUT2D eigenvalue weighted by Crippen LogP contribution is 2.40. The van der Waals surface area contributed by atoms with Crippen LogP contribution in [0.3, 0.4) is 0 Å². The molecule has 3 aliphatic heterocycles. The summed E-state index contributed by atoms with van der Waals surface area (Å²) in [6.07, 6.45) is 2.73. The van der Waals surface area contributed by atoms with Crippen LogP contribution in [0.15, 0.2) is 30.4 Å². The molecule has 1 aromatic carbocycles. The van der Waals surface area contributed by atoms with Gasteiger partial charge in [-0.1, -0.05) is 24.3 Å². The SMILES string of the molecule is Cc1cccc(N2CCN(C(=O)[C@@H]3[C@H](C(=O)O)[C@H]4C=C[C@H]3O4)CC2)c1C. The summed E-state index contributed by atoms with van der Waals surface area (Å²) in [5.74, 6) is -2.41. The molecule has 4 atom stereocenters. The van der Waals surface area contributed by atoms with Gasteiger partial charge in [-0.25, -0.2) is 0 Å². The van der Waals surface area contributed by atoms with Crippen LogP contribution in [0.2, 0.25) is 0 Å². The average molecular weight is 356 g/mol. The summed E-state index contributed by atoms with van der Waals surface area (Å²) in [5.41, 5.74) is 3.74. The largest absolute Gasteiger partial charge is 0.481 e. The van der Waals surface area contributed by atoms with E-state index in [4.69, 9.17) is 4.74 Å². The van der Waals surface area contributed by atoms with Crippen molar-refractivity contribution < 1.29 is 19.4 Å². The fourth-order valence-corrected chi connectivity index (χ4v) is 4.35. The smallest absolute Gasteiger partial charge is 0.310 e. The molecule has 1 amide bonds. The molecule has 0 aromatic heterocycles. The number of carboxylic acids is 1. The van der Waals surface area contributed by atoms with E-state index >= 15 is 0 Å². The first kappa shape index (κ1) is 17.1. The minimum absolute atomic E-state index is 0.0881. The van der Waals surface area contributed by atoms with Gasteiger partial charge < -0.3 is 19.6 Å². The van der Waals surface area contributed by atoms with Crippen molar-refractivity contribution in [2.24, 2.45) is 11.8 Å². The minimum Gasteiger partial charge on any atom is -0.481 e. The van der Waals surface area contributed by atoms with Crippen molar-refractivity contribution in [3.8, 4) is 0 Å². The third kappa shape index (κ3) is 2.69. The lowest BCUT2D eigenvalue weighted by Crippen LogP contribution is -2.53. The topological polar surface area (TPSA) is 70.1 Å². The molecular weight excluding hydrogens is 332 g/mol. The highest BCUT2D eigenvalue weighted by atomic mass is 16.5. The Bertz CT molecular complexity index is 767. The number of carboxylic acid groups (broad SMARTS) is 1. The van der Waals surface area contributed by atoms with Crippen LogP contribution in [0.4, 0.5) is 5.69 Å². The second-order valence-electron chi connectivity index (χ2n) is 7.37. The second kappa shape index (κ2) is 6.43. The van der Waals surface area contributed by atoms with E-state index in [9.17, 15) is 14.7 Å². The van der Waals surface area contributed by atoms with Gasteiger partial charge in [0.15, 0.2) is 0 Å². The van der Waals surface area contributed by atoms with Crippen LogP contribution in [0.25, 0.3) is 0 Å². The summed E-state index contributed by atoms with van der Waals surface area (Å²) in [4.78, 5) is 28.7. The molecule has 138 valence electrons. The number of rotatable bonds is 3. The zero-order valence-corrected chi connectivity index (χ0v) is 15.1. The first-order chi connectivity index (χ1) is 12.5. The molecule has 4 rings (SSSR count). The molecule has 6 heteroatoms. The van der Waals surface area contributed by atoms with Crippen molar-refractivity contribution in [2.75, 3.05) is 31.1 Å². The van der Waals surface area contributed by atoms with Crippen LogP contribution in [0.1, 0.15) is 11.1 Å². The number of amides is 1. The third-order valence-corrected chi connectivity index (χ3v) is 5.98. The van der Waals surface area contributed by atoms with E-state index in [2.05, 4.69) is 36.9 Å². The number of hydrogen-bond donors (Lipinski definition) is 1. The van der Waals surface area contributed by atoms with Crippen molar-refractivity contribution in [1.82, 2.24) is 4.90 Å². The van der Waals surface area contributed by atoms with Crippen molar-refractivity contribution in [3.05, 3.63) is 41.5 Å². The summed E-state index contributed by atoms with van der Waals surface area (Å²) in [7, 11) is 0. The second-order valence-corrected chi connectivity index (χ2v) is 7.37. The zero-order chi connectivity index (χ0) is 18.4. The van der Waals surface area contributed by atoms with Gasteiger partial charge in [-0.3, -0.25) is 9.59 Å². The Morgan fingerprint density at radius 1 is 1.04 bits per heavy atom. The third-order valence-electron chi connectivity index (χ3n) is 5.98. The maximum Gasteiger partial charge on any atom is 0.310 e. The van der Waals surface area contributed by atoms with Crippen molar-refractivity contribution in [3.63, 3.8) is 0 Å². The summed E-state index contributed by atoms with van der Waals surface area (Å²) in [5, 5.41) is 9.51. The van der Waals surface area contributed by atoms with Gasteiger partial charge in [0, 0.05) is 31.9 Å². The van der Waals surface area contributed by atoms with Gasteiger partial charge in [-0.2, -0.15) is 0 Å². The number of benzene rings is 1. The number of hydrogen-bond acceptors (Lipinski definition) is 4. The van der Waals surface area contributed by atoms with Gasteiger partial charge in [0.1, 0.15) is 5.92 Å². The molecule has 0 radical (unpaired) electrons. The molecule has 2 saturated heterocycles. The van der Waals surface area contributed by atoms with E-state index in [1.165, 1.54) is 16.8 Å². The van der Waals surface area contributed by atoms with Crippen LogP contribution in [0, 0.1) is 25.7 Å². The van der Waals surface area contributed by atoms with Gasteiger partial charge >= 0.3 is 5.97 Å². The lowest BCUT2D eigenvalue weighted by atomic mass is 9.82. The molecule has 2 bridgehead atoms. The monoisotopic (exact) mass is 356 g/mol. The zero-order valence-electron chi connectivity index (χ0n) is 15.1. The number of piperazine rings is 1. The first-order valence-corrected chi connectivity index (χ1v) is 9.14. The van der Waals surface area contributed by atoms with Crippen LogP contribution in [0.5, 0.6) is 0 Å². The Kier molecular flexibility index (Phi) is 4.23. The molecule has 1 aromatic rings. The Balaban J connectivity index is 1.45. The van der Waals surface area contributed by atoms with Gasteiger partial charge in [-0.15, -0.1) is 0 Å². The number of carbonyl (C=O) groups excluding carboxylic acids is 1. The number of nitrogens with zero attached hydrogens (tertiary/aromatic N) is 2. The number of aliphatic carboxylic acids is 1. The number of aryl methyl sites for hydroxylation is 1. The van der Waals surface area contributed by atoms with E-state index in [0.29, 0.717) is 13.1 Å². The summed E-state index contributed by atoms with van der Waals surface area (Å²) >= 11 is 0. The number of anilines is 1. The van der Waals surface area contributed by atoms with Gasteiger partial charge in [0.05, 0.1) is 18.1 Å². The highest BCUT2D eigenvalue weighted by molar-refractivity contribution is 5.87. The van der Waals surface area contributed by atoms with E-state index in [0.717, 1.165) is 13.1 Å². The fourth-order valence-electron chi connectivity index (χ4n) is 4.35. The maximum atomic E-state index is 13.0. The normalized spacial score (nSPS) is 30.1. The van der Waals surface area contributed by atoms with E-state index in [-0.39, 0.29) is 5.91 Å². The molecule has 3 heterocycles. The van der Waals surface area contributed by atoms with Crippen LogP contribution < -0.4 is 4.90 Å². The Morgan fingerprint density at radius 2 is 1.69 bits per heavy atom. The lowest BCUT2D eigenvalue weighted by Gasteiger charge is -2.39. The van der Waals surface area contributed by atoms with Gasteiger partial charge in [-0.05, 0) is 31.0 Å². The highest BCUT2D eigenvalue weighted by Gasteiger charge is 2.54. The van der Waals surface area contributed by atoms with E-state index in [1.807, 2.05) is 6.08 Å². The lowest BCUT2D eigenvalue weighted by molar-refractivity contribution is -0.149. The van der Waals surface area contributed by atoms with Crippen LogP contribution in [-0.2, 0) is 14.3 Å². The molecule has 26 heavy (non-hydrogen) atoms. The molecule has 1 N–H and O–H groups in total. The first-order valence-electron chi connectivity index (χ1n) is 9.14. The van der Waals surface area contributed by atoms with E-state index in [1.54, 1.807) is 11.0 Å². The quantitative estimate of drug-likeness (QED) is 0.833. The van der Waals surface area contributed by atoms with Crippen molar-refractivity contribution in [1.29, 1.82) is 0 Å². The fraction of sp³-hybridized carbons (Fsp3) is 0.500. The van der Waals surface area contributed by atoms with Crippen LogP contribution in [-0.4, -0.2) is 60.3 Å². The Morgan fingerprint density at radius 3 is 2.35 bits per heavy atom. The van der Waals surface area contributed by atoms with Crippen molar-refractivity contribution >= 4 is 17.6 Å². The molecule has 0 saturated carbocycles. The summed E-state index contributed by atoms with van der Waals surface area (Å²) < 4.78 is 5.64. The predicted octanol–water partition coefficient (Wildman–Crippen LogP) is 1.61. The van der Waals surface area contributed by atoms with E-state index < -0.39 is 30.0 Å². The van der Waals surface area contributed by atoms with Gasteiger partial charge in [0.2, 0.25) is 5.91 Å². The standard InChI is InChI=1S/C20H24N2O4/c1-12-4-3-5-14(13(12)2)21-8-10-22(11-9-21)19(23)17-15-6-7-16(26-15)18(17)20(24)25/h3-7,15-18H,8-11H2,1-2H3,(H,24,25)/t15-,16-,17+,18-/m1/s1. The van der Waals surface area contributed by atoms with Crippen LogP contribution >= 0.6 is 0 Å². The molecule has 2 fully saturated rings. The molecule has 0 aliphatic carbocycles. The number of carbonyl (C=O) groups is 2. The number of fused-ring (bicyclic) bond motifs is 2. The predicted molar refractivity (Wildman–Crippen MR) is 97.1 cm³/mol. The molecular formula is C20H24N2O4. The summed E-state index contributed by atoms with van der Waals surface area (Å²) in [6.45, 7) is 6.95. The van der Waals surface area contributed by atoms with Gasteiger partial charge in [0.25, 0.3) is 0 Å². The minimum atomic E-state index is -0.950. The maximum absolute atomic E-state index is 13.0. The molecule has 6 nitrogen and oxygen atoms in total. The Labute approximate surface area is 153 Å².